The fraction of sp³-hybridized carbons (Fsp3) is 0.657. The average molecular weight is 496 g/mol. The number of nitrogens with zero attached hydrogens (tertiary/aromatic N) is 2. The highest BCUT2D eigenvalue weighted by Gasteiger charge is 2.56. The maximum absolute atomic E-state index is 5.25. The molecule has 3 unspecified atom stereocenters. The zero-order valence-corrected chi connectivity index (χ0v) is 23.5. The van der Waals surface area contributed by atoms with Crippen LogP contribution in [0.15, 0.2) is 48.8 Å². The van der Waals surface area contributed by atoms with Gasteiger partial charge in [0.05, 0.1) is 0 Å². The molecule has 5 fully saturated rings. The molecule has 5 aliphatic carbocycles. The number of unbranched alkanes of at least 4 members (excludes halogenated alkanes) is 1. The minimum atomic E-state index is 0.245. The van der Waals surface area contributed by atoms with Crippen LogP contribution < -0.4 is 4.57 Å². The molecule has 1 aromatic heterocycles. The second-order valence-electron chi connectivity index (χ2n) is 14.0. The summed E-state index contributed by atoms with van der Waals surface area (Å²) >= 11 is 0. The van der Waals surface area contributed by atoms with E-state index in [1.54, 1.807) is 5.56 Å². The monoisotopic (exact) mass is 495 g/mol. The normalized spacial score (nSPS) is 37.8. The number of hydrogen-bond donors (Lipinski definition) is 0. The molecule has 2 aromatic rings. The molecule has 2 heterocycles. The summed E-state index contributed by atoms with van der Waals surface area (Å²) in [6.45, 7) is 12.6. The van der Waals surface area contributed by atoms with Gasteiger partial charge in [0, 0.05) is 23.0 Å². The van der Waals surface area contributed by atoms with E-state index in [0.717, 1.165) is 48.0 Å². The van der Waals surface area contributed by atoms with Crippen molar-refractivity contribution in [2.24, 2.45) is 41.4 Å². The molecule has 0 saturated heterocycles. The van der Waals surface area contributed by atoms with E-state index in [1.807, 2.05) is 0 Å². The van der Waals surface area contributed by atoms with Crippen molar-refractivity contribution in [3.05, 3.63) is 60.1 Å². The predicted octanol–water partition coefficient (Wildman–Crippen LogP) is 8.26. The van der Waals surface area contributed by atoms with Gasteiger partial charge in [0.15, 0.2) is 5.69 Å². The average Bonchev–Trinajstić information content (AvgIpc) is 3.60. The van der Waals surface area contributed by atoms with Gasteiger partial charge in [-0.25, -0.2) is 4.57 Å². The van der Waals surface area contributed by atoms with Gasteiger partial charge in [-0.3, -0.25) is 0 Å². The molecule has 2 heteroatoms. The van der Waals surface area contributed by atoms with E-state index in [9.17, 15) is 0 Å². The summed E-state index contributed by atoms with van der Waals surface area (Å²) in [6.07, 6.45) is 15.8. The molecule has 37 heavy (non-hydrogen) atoms. The fourth-order valence-electron chi connectivity index (χ4n) is 10.2. The number of fused-ring (bicyclic) bond motifs is 3. The van der Waals surface area contributed by atoms with Crippen LogP contribution in [0, 0.1) is 41.4 Å². The van der Waals surface area contributed by atoms with Crippen molar-refractivity contribution in [3.8, 4) is 11.3 Å². The van der Waals surface area contributed by atoms with Gasteiger partial charge in [0.1, 0.15) is 12.2 Å². The van der Waals surface area contributed by atoms with E-state index >= 15 is 0 Å². The van der Waals surface area contributed by atoms with Crippen LogP contribution in [0.25, 0.3) is 11.3 Å². The van der Waals surface area contributed by atoms with Crippen LogP contribution in [0.5, 0.6) is 0 Å². The highest BCUT2D eigenvalue weighted by atomic mass is 15.0. The molecule has 2 nitrogen and oxygen atoms in total. The molecule has 1 aromatic carbocycles. The maximum Gasteiger partial charge on any atom is 0.286 e. The Bertz CT molecular complexity index is 1170. The van der Waals surface area contributed by atoms with E-state index in [4.69, 9.17) is 4.98 Å². The number of rotatable bonds is 8. The first-order chi connectivity index (χ1) is 18.0. The van der Waals surface area contributed by atoms with Gasteiger partial charge >= 0.3 is 0 Å². The summed E-state index contributed by atoms with van der Waals surface area (Å²) < 4.78 is 2.50. The van der Waals surface area contributed by atoms with Gasteiger partial charge in [0.25, 0.3) is 6.33 Å². The second-order valence-corrected chi connectivity index (χ2v) is 14.0. The molecular formula is C35H47N2+. The molecule has 0 radical (unpaired) electrons. The molecule has 3 atom stereocenters. The Hall–Kier alpha value is -1.96. The Morgan fingerprint density at radius 1 is 1.05 bits per heavy atom. The van der Waals surface area contributed by atoms with E-state index in [2.05, 4.69) is 68.6 Å². The summed E-state index contributed by atoms with van der Waals surface area (Å²) in [4.78, 5) is 5.25. The van der Waals surface area contributed by atoms with Crippen molar-refractivity contribution < 1.29 is 4.57 Å². The first-order valence-corrected chi connectivity index (χ1v) is 15.7. The van der Waals surface area contributed by atoms with E-state index < -0.39 is 0 Å². The maximum atomic E-state index is 5.25. The van der Waals surface area contributed by atoms with Crippen LogP contribution in [0.2, 0.25) is 0 Å². The third kappa shape index (κ3) is 3.87. The second kappa shape index (κ2) is 9.06. The largest absolute Gasteiger partial charge is 0.286 e. The lowest BCUT2D eigenvalue weighted by Crippen LogP contribution is -2.52. The summed E-state index contributed by atoms with van der Waals surface area (Å²) in [5.41, 5.74) is 7.65. The van der Waals surface area contributed by atoms with E-state index in [-0.39, 0.29) is 5.41 Å². The zero-order chi connectivity index (χ0) is 25.3. The van der Waals surface area contributed by atoms with Crippen molar-refractivity contribution in [3.63, 3.8) is 0 Å². The Labute approximate surface area is 225 Å². The van der Waals surface area contributed by atoms with Crippen molar-refractivity contribution in [1.82, 2.24) is 4.98 Å². The van der Waals surface area contributed by atoms with Crippen molar-refractivity contribution >= 4 is 0 Å². The zero-order valence-electron chi connectivity index (χ0n) is 23.5. The van der Waals surface area contributed by atoms with Crippen LogP contribution in [-0.4, -0.2) is 4.98 Å². The Balaban J connectivity index is 1.16. The Morgan fingerprint density at radius 3 is 2.41 bits per heavy atom. The van der Waals surface area contributed by atoms with Gasteiger partial charge in [-0.2, -0.15) is 0 Å². The molecule has 6 aliphatic rings. The standard InChI is InChI=1S/C35H47N2/c1-5-7-12-35(6-2)20-37-21-36-31(19-32(37)29-10-8-9-11-30(29)35)34-27-15-25-16-28(34)18-26(17-27)33(25)23(4)14-24-13-22(24)3/h8-11,19,21,23-28,33-34H,3,5-7,12-18,20H2,1-2,4H3/q+1. The number of benzene rings is 1. The van der Waals surface area contributed by atoms with Crippen molar-refractivity contribution in [1.29, 1.82) is 0 Å². The van der Waals surface area contributed by atoms with Gasteiger partial charge < -0.3 is 0 Å². The molecule has 8 rings (SSSR count). The molecule has 5 saturated carbocycles. The molecular weight excluding hydrogens is 448 g/mol. The van der Waals surface area contributed by atoms with Gasteiger partial charge in [-0.05, 0) is 98.4 Å². The summed E-state index contributed by atoms with van der Waals surface area (Å²) in [5.74, 6) is 7.06. The molecule has 0 amide bonds. The minimum absolute atomic E-state index is 0.245. The van der Waals surface area contributed by atoms with Crippen LogP contribution in [0.1, 0.15) is 102 Å². The lowest BCUT2D eigenvalue weighted by Gasteiger charge is -2.59. The fourth-order valence-corrected chi connectivity index (χ4v) is 10.2. The number of allylic oxidation sites excluding steroid dienone is 1. The minimum Gasteiger partial charge on any atom is -0.229 e. The molecule has 196 valence electrons. The number of hydrogen-bond acceptors (Lipinski definition) is 1. The van der Waals surface area contributed by atoms with Crippen LogP contribution in [-0.2, 0) is 12.0 Å². The summed E-state index contributed by atoms with van der Waals surface area (Å²) in [7, 11) is 0. The Morgan fingerprint density at radius 2 is 1.76 bits per heavy atom. The lowest BCUT2D eigenvalue weighted by molar-refractivity contribution is -0.700. The van der Waals surface area contributed by atoms with Crippen LogP contribution >= 0.6 is 0 Å². The first-order valence-electron chi connectivity index (χ1n) is 15.7. The smallest absolute Gasteiger partial charge is 0.229 e. The summed E-state index contributed by atoms with van der Waals surface area (Å²) in [6, 6.07) is 11.9. The Kier molecular flexibility index (Phi) is 5.90. The van der Waals surface area contributed by atoms with Gasteiger partial charge in [-0.15, -0.1) is 0 Å². The summed E-state index contributed by atoms with van der Waals surface area (Å²) in [5, 5.41) is 0. The molecule has 0 N–H and O–H groups in total. The quantitative estimate of drug-likeness (QED) is 0.266. The van der Waals surface area contributed by atoms with Gasteiger partial charge in [0.2, 0.25) is 0 Å². The number of aromatic nitrogens is 2. The third-order valence-corrected chi connectivity index (χ3v) is 12.0. The topological polar surface area (TPSA) is 16.8 Å². The van der Waals surface area contributed by atoms with Crippen molar-refractivity contribution in [2.75, 3.05) is 0 Å². The highest BCUT2D eigenvalue weighted by Crippen LogP contribution is 2.64. The molecule has 4 bridgehead atoms. The van der Waals surface area contributed by atoms with Crippen molar-refractivity contribution in [2.45, 2.75) is 103 Å². The molecule has 1 aliphatic heterocycles. The van der Waals surface area contributed by atoms with E-state index in [0.29, 0.717) is 5.92 Å². The van der Waals surface area contributed by atoms with E-state index in [1.165, 1.54) is 86.7 Å². The van der Waals surface area contributed by atoms with Crippen LogP contribution in [0.3, 0.4) is 0 Å². The predicted molar refractivity (Wildman–Crippen MR) is 151 cm³/mol. The molecule has 0 spiro atoms. The van der Waals surface area contributed by atoms with Gasteiger partial charge in [-0.1, -0.05) is 75.0 Å². The lowest BCUT2D eigenvalue weighted by atomic mass is 9.46. The SMILES string of the molecule is C=C1CC1CC(C)C1C2CC3CC1CC(C2)C3c1cc2[n+](cn1)CC(CC)(CCCC)c1ccccc1-2. The van der Waals surface area contributed by atoms with Crippen LogP contribution in [0.4, 0.5) is 0 Å². The highest BCUT2D eigenvalue weighted by molar-refractivity contribution is 5.64. The third-order valence-electron chi connectivity index (χ3n) is 12.0. The first kappa shape index (κ1) is 24.1.